The van der Waals surface area contributed by atoms with E-state index < -0.39 is 65.1 Å². The minimum Gasteiger partial charge on any atom is -0.469 e. The van der Waals surface area contributed by atoms with Gasteiger partial charge < -0.3 is 24.8 Å². The number of carbonyl (C=O) groups is 4. The van der Waals surface area contributed by atoms with E-state index >= 15 is 0 Å². The molecule has 1 saturated heterocycles. The Bertz CT molecular complexity index is 1340. The second-order valence-electron chi connectivity index (χ2n) is 17.3. The number of ketones is 3. The first kappa shape index (κ1) is 40.6. The molecule has 4 rings (SSSR count). The van der Waals surface area contributed by atoms with Crippen molar-refractivity contribution in [3.63, 3.8) is 0 Å². The Morgan fingerprint density at radius 1 is 0.920 bits per heavy atom. The van der Waals surface area contributed by atoms with Crippen LogP contribution < -0.4 is 0 Å². The first-order valence-electron chi connectivity index (χ1n) is 19.1. The smallest absolute Gasteiger partial charge is 0.313 e. The number of hydrogen-bond acceptors (Lipinski definition) is 9. The molecule has 2 fully saturated rings. The van der Waals surface area contributed by atoms with E-state index in [2.05, 4.69) is 0 Å². The zero-order chi connectivity index (χ0) is 37.3. The van der Waals surface area contributed by atoms with E-state index in [-0.39, 0.29) is 60.8 Å². The molecule has 12 atom stereocenters. The van der Waals surface area contributed by atoms with Gasteiger partial charge in [-0.3, -0.25) is 19.2 Å². The molecule has 0 radical (unpaired) electrons. The average molecular weight is 701 g/mol. The van der Waals surface area contributed by atoms with Gasteiger partial charge in [-0.2, -0.15) is 0 Å². The monoisotopic (exact) mass is 700 g/mol. The van der Waals surface area contributed by atoms with Crippen LogP contribution in [-0.4, -0.2) is 75.3 Å². The number of esters is 1. The minimum absolute atomic E-state index is 0.0141. The van der Waals surface area contributed by atoms with Crippen molar-refractivity contribution in [1.82, 2.24) is 0 Å². The Balaban J connectivity index is 1.93. The van der Waals surface area contributed by atoms with Crippen LogP contribution in [0.3, 0.4) is 0 Å². The summed E-state index contributed by atoms with van der Waals surface area (Å²) in [4.78, 5) is 56.3. The summed E-state index contributed by atoms with van der Waals surface area (Å²) in [5, 5.41) is 35.2. The van der Waals surface area contributed by atoms with E-state index in [0.717, 1.165) is 18.4 Å². The van der Waals surface area contributed by atoms with Crippen molar-refractivity contribution < 1.29 is 44.0 Å². The van der Waals surface area contributed by atoms with Gasteiger partial charge in [0.1, 0.15) is 17.3 Å². The molecule has 3 N–H and O–H groups in total. The van der Waals surface area contributed by atoms with Crippen molar-refractivity contribution in [3.05, 3.63) is 22.8 Å². The number of hydrogen-bond donors (Lipinski definition) is 3. The van der Waals surface area contributed by atoms with Crippen molar-refractivity contribution in [2.24, 2.45) is 47.3 Å². The molecule has 2 aliphatic heterocycles. The van der Waals surface area contributed by atoms with Crippen molar-refractivity contribution in [2.45, 2.75) is 156 Å². The number of allylic oxidation sites excluding steroid dienone is 2. The maximum Gasteiger partial charge on any atom is 0.313 e. The van der Waals surface area contributed by atoms with Crippen molar-refractivity contribution in [1.29, 1.82) is 0 Å². The van der Waals surface area contributed by atoms with Gasteiger partial charge in [0.05, 0.1) is 42.5 Å². The van der Waals surface area contributed by atoms with E-state index in [1.807, 2.05) is 40.7 Å². The normalized spacial score (nSPS) is 42.7. The first-order valence-corrected chi connectivity index (χ1v) is 19.1. The van der Waals surface area contributed by atoms with Crippen LogP contribution in [0.25, 0.3) is 0 Å². The van der Waals surface area contributed by atoms with Crippen LogP contribution in [0.5, 0.6) is 0 Å². The summed E-state index contributed by atoms with van der Waals surface area (Å²) in [5.41, 5.74) is -0.542. The molecule has 282 valence electrons. The summed E-state index contributed by atoms with van der Waals surface area (Å²) in [6.07, 6.45) is 3.97. The van der Waals surface area contributed by atoms with E-state index in [0.29, 0.717) is 43.3 Å². The Morgan fingerprint density at radius 2 is 1.58 bits per heavy atom. The summed E-state index contributed by atoms with van der Waals surface area (Å²) in [5.74, 6) is -4.68. The lowest BCUT2D eigenvalue weighted by Crippen LogP contribution is -2.55. The molecule has 2 bridgehead atoms. The fraction of sp³-hybridized carbons (Fsp3) is 0.805. The molecular weight excluding hydrogens is 636 g/mol. The third-order valence-corrected chi connectivity index (χ3v) is 12.8. The van der Waals surface area contributed by atoms with Gasteiger partial charge in [-0.25, -0.2) is 0 Å². The highest BCUT2D eigenvalue weighted by atomic mass is 16.5. The topological polar surface area (TPSA) is 147 Å². The number of aliphatic hydroxyl groups is 3. The summed E-state index contributed by atoms with van der Waals surface area (Å²) in [7, 11) is 1.30. The predicted molar refractivity (Wildman–Crippen MR) is 191 cm³/mol. The molecule has 4 aliphatic rings. The molecule has 0 aromatic carbocycles. The van der Waals surface area contributed by atoms with E-state index in [1.54, 1.807) is 20.8 Å². The third kappa shape index (κ3) is 8.87. The number of aliphatic hydroxyl groups excluding tert-OH is 1. The number of ether oxygens (including phenoxy) is 2. The molecule has 50 heavy (non-hydrogen) atoms. The Hall–Kier alpha value is -2.20. The molecule has 9 nitrogen and oxygen atoms in total. The number of methoxy groups -OCH3 is 1. The van der Waals surface area contributed by atoms with Gasteiger partial charge in [0.2, 0.25) is 0 Å². The van der Waals surface area contributed by atoms with Crippen molar-refractivity contribution in [2.75, 3.05) is 7.11 Å². The van der Waals surface area contributed by atoms with Crippen LogP contribution in [0.4, 0.5) is 0 Å². The van der Waals surface area contributed by atoms with Gasteiger partial charge >= 0.3 is 5.97 Å². The lowest BCUT2D eigenvalue weighted by atomic mass is 9.58. The Labute approximate surface area is 299 Å². The molecule has 9 heteroatoms. The molecule has 0 aromatic rings. The average Bonchev–Trinajstić information content (AvgIpc) is 3.00. The van der Waals surface area contributed by atoms with Crippen LogP contribution in [0.1, 0.15) is 126 Å². The molecule has 2 heterocycles. The molecule has 2 aliphatic carbocycles. The lowest BCUT2D eigenvalue weighted by Gasteiger charge is -2.48. The molecule has 0 amide bonds. The second-order valence-corrected chi connectivity index (χ2v) is 17.3. The SMILES string of the molecule is COC(=O)[C@H]1C(C)=C2[C@H](O)C[C@](C)(O)[C@H]3CC[C@@](C)(O)[C@H](CC/C(C)=C/[C@@H]2[C@@H]2C(=O)C[C@@H](C)CCC[C@@H](C)C(=O)C[C@@H](C(C)C)C(=O)CC12)O3. The highest BCUT2D eigenvalue weighted by Gasteiger charge is 2.53. The van der Waals surface area contributed by atoms with Crippen LogP contribution >= 0.6 is 0 Å². The van der Waals surface area contributed by atoms with E-state index in [1.165, 1.54) is 7.11 Å². The Morgan fingerprint density at radius 3 is 2.22 bits per heavy atom. The largest absolute Gasteiger partial charge is 0.469 e. The zero-order valence-corrected chi connectivity index (χ0v) is 32.0. The number of rotatable bonds is 2. The molecule has 1 unspecified atom stereocenters. The van der Waals surface area contributed by atoms with Crippen molar-refractivity contribution >= 4 is 23.3 Å². The summed E-state index contributed by atoms with van der Waals surface area (Å²) >= 11 is 0. The summed E-state index contributed by atoms with van der Waals surface area (Å²) in [6.45, 7) is 15.0. The quantitative estimate of drug-likeness (QED) is 0.230. The van der Waals surface area contributed by atoms with Gasteiger partial charge in [-0.05, 0) is 83.1 Å². The maximum absolute atomic E-state index is 14.8. The number of Topliss-reactive ketones (excluding diaryl/α,β-unsaturated/α-hetero) is 3. The van der Waals surface area contributed by atoms with Crippen LogP contribution in [0.15, 0.2) is 22.8 Å². The Kier molecular flexibility index (Phi) is 13.2. The molecule has 0 aromatic heterocycles. The fourth-order valence-electron chi connectivity index (χ4n) is 9.52. The minimum atomic E-state index is -1.48. The predicted octanol–water partition coefficient (Wildman–Crippen LogP) is 6.10. The lowest BCUT2D eigenvalue weighted by molar-refractivity contribution is -0.219. The van der Waals surface area contributed by atoms with Gasteiger partial charge in [-0.15, -0.1) is 0 Å². The van der Waals surface area contributed by atoms with Gasteiger partial charge in [-0.1, -0.05) is 57.8 Å². The second kappa shape index (κ2) is 16.2. The maximum atomic E-state index is 14.8. The highest BCUT2D eigenvalue weighted by molar-refractivity contribution is 5.91. The van der Waals surface area contributed by atoms with Crippen molar-refractivity contribution in [3.8, 4) is 0 Å². The zero-order valence-electron chi connectivity index (χ0n) is 32.0. The molecule has 0 spiro atoms. The number of fused-ring (bicyclic) bond motifs is 5. The fourth-order valence-corrected chi connectivity index (χ4v) is 9.52. The first-order chi connectivity index (χ1) is 23.3. The molecule has 1 saturated carbocycles. The summed E-state index contributed by atoms with van der Waals surface area (Å²) in [6, 6.07) is 0. The number of carbonyl (C=O) groups excluding carboxylic acids is 4. The van der Waals surface area contributed by atoms with E-state index in [9.17, 15) is 34.5 Å². The third-order valence-electron chi connectivity index (χ3n) is 12.8. The molecular formula is C41H64O9. The van der Waals surface area contributed by atoms with E-state index in [4.69, 9.17) is 9.47 Å². The highest BCUT2D eigenvalue weighted by Crippen LogP contribution is 2.50. The summed E-state index contributed by atoms with van der Waals surface area (Å²) < 4.78 is 11.7. The van der Waals surface area contributed by atoms with Gasteiger partial charge in [0.15, 0.2) is 0 Å². The van der Waals surface area contributed by atoms with Gasteiger partial charge in [0.25, 0.3) is 0 Å². The standard InChI is InChI=1S/C41H64O9/c1-22(2)27-19-30(42)25(5)12-10-11-23(3)18-32(44)38-28-17-24(4)13-14-34-40(7,47)16-15-35(50-34)41(8,48)21-33(45)36(28)26(6)37(39(46)49-9)29(38)20-31(27)43/h17,22-23,25,27-29,33-35,37-38,45,47-48H,10-16,18-21H2,1-9H3/b24-17+/t23-,25+,27-,28-,29?,33+,34-,35+,37-,38-,40+,41-/m0/s1. The van der Waals surface area contributed by atoms with Crippen LogP contribution in [0, 0.1) is 47.3 Å². The van der Waals surface area contributed by atoms with Gasteiger partial charge in [0, 0.05) is 49.4 Å². The van der Waals surface area contributed by atoms with Crippen LogP contribution in [0.2, 0.25) is 0 Å². The van der Waals surface area contributed by atoms with Crippen LogP contribution in [-0.2, 0) is 28.7 Å².